The maximum Gasteiger partial charge on any atom is 0.269 e. The Kier molecular flexibility index (Phi) is 5.03. The summed E-state index contributed by atoms with van der Waals surface area (Å²) in [5.41, 5.74) is 2.92. The minimum atomic E-state index is -0.454. The first-order valence-corrected chi connectivity index (χ1v) is 8.82. The zero-order chi connectivity index (χ0) is 17.8. The van der Waals surface area contributed by atoms with Gasteiger partial charge in [-0.3, -0.25) is 10.1 Å². The van der Waals surface area contributed by atoms with Gasteiger partial charge >= 0.3 is 0 Å². The molecule has 0 aliphatic carbocycles. The summed E-state index contributed by atoms with van der Waals surface area (Å²) in [4.78, 5) is 14.8. The number of nitriles is 1. The van der Waals surface area contributed by atoms with Crippen LogP contribution in [-0.2, 0) is 0 Å². The lowest BCUT2D eigenvalue weighted by Gasteiger charge is -1.97. The first-order valence-electron chi connectivity index (χ1n) is 7.15. The predicted octanol–water partition coefficient (Wildman–Crippen LogP) is 5.54. The highest BCUT2D eigenvalue weighted by Gasteiger charge is 2.10. The van der Waals surface area contributed by atoms with E-state index < -0.39 is 4.92 Å². The molecule has 0 bridgehead atoms. The highest BCUT2D eigenvalue weighted by Crippen LogP contribution is 2.28. The molecule has 122 valence electrons. The van der Waals surface area contributed by atoms with E-state index in [1.807, 2.05) is 29.6 Å². The molecule has 1 aromatic heterocycles. The van der Waals surface area contributed by atoms with Gasteiger partial charge in [-0.2, -0.15) is 5.26 Å². The van der Waals surface area contributed by atoms with E-state index in [1.54, 1.807) is 18.2 Å². The molecule has 0 aliphatic rings. The third-order valence-corrected chi connectivity index (χ3v) is 4.81. The summed E-state index contributed by atoms with van der Waals surface area (Å²) in [5.74, 6) is 0. The van der Waals surface area contributed by atoms with E-state index in [0.29, 0.717) is 16.1 Å². The van der Waals surface area contributed by atoms with E-state index >= 15 is 0 Å². The van der Waals surface area contributed by atoms with E-state index in [4.69, 9.17) is 0 Å². The minimum Gasteiger partial charge on any atom is -0.258 e. The number of allylic oxidation sites excluding steroid dienone is 1. The Hall–Kier alpha value is -2.82. The fourth-order valence-corrected chi connectivity index (χ4v) is 3.21. The molecule has 0 unspecified atom stereocenters. The molecule has 0 amide bonds. The van der Waals surface area contributed by atoms with E-state index in [2.05, 4.69) is 27.0 Å². The molecule has 5 nitrogen and oxygen atoms in total. The fourth-order valence-electron chi connectivity index (χ4n) is 2.15. The summed E-state index contributed by atoms with van der Waals surface area (Å²) in [5, 5.41) is 22.6. The van der Waals surface area contributed by atoms with Crippen LogP contribution < -0.4 is 0 Å². The van der Waals surface area contributed by atoms with Gasteiger partial charge in [0, 0.05) is 27.5 Å². The highest BCUT2D eigenvalue weighted by atomic mass is 79.9. The van der Waals surface area contributed by atoms with E-state index in [0.717, 1.165) is 15.7 Å². The maximum absolute atomic E-state index is 10.7. The second-order valence-electron chi connectivity index (χ2n) is 5.06. The molecule has 0 fully saturated rings. The Morgan fingerprint density at radius 2 is 1.88 bits per heavy atom. The Bertz CT molecular complexity index is 986. The van der Waals surface area contributed by atoms with E-state index in [-0.39, 0.29) is 5.69 Å². The molecule has 2 aromatic carbocycles. The summed E-state index contributed by atoms with van der Waals surface area (Å²) < 4.78 is 0.988. The minimum absolute atomic E-state index is 0.0161. The summed E-state index contributed by atoms with van der Waals surface area (Å²) in [6.07, 6.45) is 1.67. The lowest BCUT2D eigenvalue weighted by Crippen LogP contribution is -1.87. The zero-order valence-electron chi connectivity index (χ0n) is 12.7. The van der Waals surface area contributed by atoms with Crippen molar-refractivity contribution in [3.63, 3.8) is 0 Å². The molecule has 0 saturated carbocycles. The van der Waals surface area contributed by atoms with E-state index in [9.17, 15) is 15.4 Å². The topological polar surface area (TPSA) is 79.8 Å². The first kappa shape index (κ1) is 17.0. The van der Waals surface area contributed by atoms with Crippen molar-refractivity contribution >= 4 is 44.6 Å². The van der Waals surface area contributed by atoms with Crippen LogP contribution in [0.5, 0.6) is 0 Å². The van der Waals surface area contributed by atoms with Crippen molar-refractivity contribution in [1.82, 2.24) is 4.98 Å². The van der Waals surface area contributed by atoms with Crippen LogP contribution in [0.2, 0.25) is 0 Å². The van der Waals surface area contributed by atoms with Gasteiger partial charge in [-0.25, -0.2) is 4.98 Å². The lowest BCUT2D eigenvalue weighted by atomic mass is 10.1. The van der Waals surface area contributed by atoms with Crippen molar-refractivity contribution in [3.05, 3.63) is 79.1 Å². The number of aromatic nitrogens is 1. The van der Waals surface area contributed by atoms with E-state index in [1.165, 1.54) is 23.5 Å². The van der Waals surface area contributed by atoms with Crippen LogP contribution in [-0.4, -0.2) is 9.91 Å². The number of hydrogen-bond acceptors (Lipinski definition) is 5. The molecular formula is C18H10BrN3O2S. The Labute approximate surface area is 156 Å². The number of benzene rings is 2. The quantitative estimate of drug-likeness (QED) is 0.320. The highest BCUT2D eigenvalue weighted by molar-refractivity contribution is 9.10. The molecule has 0 saturated heterocycles. The van der Waals surface area contributed by atoms with Crippen LogP contribution >= 0.6 is 27.3 Å². The second kappa shape index (κ2) is 7.38. The number of nitrogens with zero attached hydrogens (tertiary/aromatic N) is 3. The average molecular weight is 412 g/mol. The molecule has 3 aromatic rings. The molecule has 1 heterocycles. The number of thiazole rings is 1. The average Bonchev–Trinajstić information content (AvgIpc) is 3.10. The molecule has 25 heavy (non-hydrogen) atoms. The normalized spacial score (nSPS) is 11.1. The van der Waals surface area contributed by atoms with Gasteiger partial charge in [0.05, 0.1) is 16.2 Å². The number of hydrogen-bond donors (Lipinski definition) is 0. The summed E-state index contributed by atoms with van der Waals surface area (Å²) in [7, 11) is 0. The van der Waals surface area contributed by atoms with Crippen LogP contribution in [0.3, 0.4) is 0 Å². The van der Waals surface area contributed by atoms with Crippen molar-refractivity contribution in [2.75, 3.05) is 0 Å². The number of non-ortho nitro benzene ring substituents is 1. The number of nitro benzene ring substituents is 1. The molecule has 7 heteroatoms. The lowest BCUT2D eigenvalue weighted by molar-refractivity contribution is -0.384. The van der Waals surface area contributed by atoms with Crippen LogP contribution in [0.25, 0.3) is 22.9 Å². The van der Waals surface area contributed by atoms with Crippen molar-refractivity contribution < 1.29 is 4.92 Å². The van der Waals surface area contributed by atoms with Gasteiger partial charge in [0.15, 0.2) is 0 Å². The fraction of sp³-hybridized carbons (Fsp3) is 0. The number of halogens is 1. The van der Waals surface area contributed by atoms with Crippen molar-refractivity contribution in [3.8, 4) is 17.3 Å². The summed E-state index contributed by atoms with van der Waals surface area (Å²) >= 11 is 4.78. The molecule has 0 N–H and O–H groups in total. The smallest absolute Gasteiger partial charge is 0.258 e. The molecule has 0 spiro atoms. The van der Waals surface area contributed by atoms with Gasteiger partial charge < -0.3 is 0 Å². The molecule has 3 rings (SSSR count). The standard InChI is InChI=1S/C18H10BrN3O2S/c19-15-5-3-13(4-6-15)17-11-25-18(21-17)14(10-20)9-12-1-7-16(8-2-12)22(23)24/h1-9,11H/b14-9-. The largest absolute Gasteiger partial charge is 0.269 e. The van der Waals surface area contributed by atoms with Crippen molar-refractivity contribution in [1.29, 1.82) is 5.26 Å². The van der Waals surface area contributed by atoms with Gasteiger partial charge in [0.1, 0.15) is 11.1 Å². The predicted molar refractivity (Wildman–Crippen MR) is 102 cm³/mol. The summed E-state index contributed by atoms with van der Waals surface area (Å²) in [6, 6.07) is 16.0. The Morgan fingerprint density at radius 3 is 2.48 bits per heavy atom. The van der Waals surface area contributed by atoms with Crippen LogP contribution in [0, 0.1) is 21.4 Å². The van der Waals surface area contributed by atoms with Crippen molar-refractivity contribution in [2.24, 2.45) is 0 Å². The third-order valence-electron chi connectivity index (χ3n) is 3.41. The molecule has 0 aliphatic heterocycles. The van der Waals surface area contributed by atoms with Gasteiger partial charge in [0.2, 0.25) is 0 Å². The first-order chi connectivity index (χ1) is 12.1. The van der Waals surface area contributed by atoms with Crippen LogP contribution in [0.1, 0.15) is 10.6 Å². The SMILES string of the molecule is N#C/C(=C/c1ccc([N+](=O)[O-])cc1)c1nc(-c2ccc(Br)cc2)cs1. The summed E-state index contributed by atoms with van der Waals surface area (Å²) in [6.45, 7) is 0. The Morgan fingerprint density at radius 1 is 1.20 bits per heavy atom. The van der Waals surface area contributed by atoms with Crippen LogP contribution in [0.15, 0.2) is 58.4 Å². The second-order valence-corrected chi connectivity index (χ2v) is 6.84. The van der Waals surface area contributed by atoms with Gasteiger partial charge in [0.25, 0.3) is 5.69 Å². The van der Waals surface area contributed by atoms with Crippen LogP contribution in [0.4, 0.5) is 5.69 Å². The van der Waals surface area contributed by atoms with Gasteiger partial charge in [-0.15, -0.1) is 11.3 Å². The number of rotatable bonds is 4. The monoisotopic (exact) mass is 411 g/mol. The maximum atomic E-state index is 10.7. The molecule has 0 atom stereocenters. The molecule has 0 radical (unpaired) electrons. The van der Waals surface area contributed by atoms with Crippen molar-refractivity contribution in [2.45, 2.75) is 0 Å². The Balaban J connectivity index is 1.90. The number of nitro groups is 1. The zero-order valence-corrected chi connectivity index (χ0v) is 15.1. The molecular weight excluding hydrogens is 402 g/mol. The van der Waals surface area contributed by atoms with Gasteiger partial charge in [-0.05, 0) is 35.9 Å². The van der Waals surface area contributed by atoms with Gasteiger partial charge in [-0.1, -0.05) is 28.1 Å². The third kappa shape index (κ3) is 3.99.